The van der Waals surface area contributed by atoms with Crippen molar-refractivity contribution in [1.29, 1.82) is 0 Å². The first-order valence-electron chi connectivity index (χ1n) is 22.8. The Morgan fingerprint density at radius 1 is 0.585 bits per heavy atom. The third-order valence-electron chi connectivity index (χ3n) is 11.6. The second-order valence-electron chi connectivity index (χ2n) is 18.0. The van der Waals surface area contributed by atoms with Gasteiger partial charge in [-0.05, 0) is 36.9 Å². The van der Waals surface area contributed by atoms with Gasteiger partial charge in [0, 0.05) is 97.8 Å². The minimum absolute atomic E-state index is 0.00847. The molecule has 0 bridgehead atoms. The maximum atomic E-state index is 15.2. The van der Waals surface area contributed by atoms with Crippen LogP contribution < -0.4 is 34.0 Å². The quantitative estimate of drug-likeness (QED) is 0.0223. The Morgan fingerprint density at radius 2 is 0.969 bits per heavy atom. The topological polar surface area (TPSA) is 319 Å². The lowest BCUT2D eigenvalue weighted by Crippen LogP contribution is -2.57. The van der Waals surface area contributed by atoms with Crippen molar-refractivity contribution in [3.05, 3.63) is 0 Å². The first-order chi connectivity index (χ1) is 30.9. The largest absolute Gasteiger partial charge is 0.376 e. The van der Waals surface area contributed by atoms with E-state index in [9.17, 15) is 24.0 Å². The zero-order valence-electron chi connectivity index (χ0n) is 38.5. The Labute approximate surface area is 387 Å². The number of nitrogens with one attached hydrogen (secondary N) is 1. The monoisotopic (exact) mass is 939 g/mol. The van der Waals surface area contributed by atoms with Crippen LogP contribution in [0.1, 0.15) is 79.1 Å². The molecule has 4 aliphatic rings. The molecule has 4 aliphatic heterocycles. The van der Waals surface area contributed by atoms with Crippen LogP contribution in [-0.4, -0.2) is 194 Å². The van der Waals surface area contributed by atoms with Crippen LogP contribution in [-0.2, 0) is 47.7 Å². The van der Waals surface area contributed by atoms with E-state index in [-0.39, 0.29) is 108 Å². The first kappa shape index (κ1) is 53.2. The number of aliphatic imine (C=N–C) groups is 2. The fourth-order valence-corrected chi connectivity index (χ4v) is 8.69. The maximum absolute atomic E-state index is 15.2. The summed E-state index contributed by atoms with van der Waals surface area (Å²) in [4.78, 5) is 97.6. The lowest BCUT2D eigenvalue weighted by molar-refractivity contribution is -0.152. The molecular weight excluding hydrogens is 865 g/mol. The number of likely N-dealkylation sites (tertiary alicyclic amines) is 4. The molecule has 8 atom stereocenters. The Bertz CT molecular complexity index is 1680. The van der Waals surface area contributed by atoms with Gasteiger partial charge in [0.25, 0.3) is 0 Å². The highest BCUT2D eigenvalue weighted by Crippen LogP contribution is 2.33. The van der Waals surface area contributed by atoms with Crippen LogP contribution in [0.3, 0.4) is 0 Å². The number of thiol groups is 1. The second kappa shape index (κ2) is 26.0. The van der Waals surface area contributed by atoms with Crippen molar-refractivity contribution >= 4 is 60.0 Å². The third kappa shape index (κ3) is 16.1. The van der Waals surface area contributed by atoms with Gasteiger partial charge in [-0.3, -0.25) is 38.8 Å². The summed E-state index contributed by atoms with van der Waals surface area (Å²) in [5, 5.41) is 2.66. The van der Waals surface area contributed by atoms with E-state index >= 15 is 4.79 Å². The summed E-state index contributed by atoms with van der Waals surface area (Å²) in [6.07, 6.45) is 0.120. The predicted molar refractivity (Wildman–Crippen MR) is 245 cm³/mol. The number of primary amides is 1. The second-order valence-corrected chi connectivity index (χ2v) is 18.5. The van der Waals surface area contributed by atoms with Gasteiger partial charge in [0.05, 0.1) is 31.0 Å². The van der Waals surface area contributed by atoms with E-state index in [0.717, 1.165) is 0 Å². The smallest absolute Gasteiger partial charge is 0.246 e. The molecule has 23 heteroatoms. The van der Waals surface area contributed by atoms with E-state index in [0.29, 0.717) is 51.3 Å². The Hall–Kier alpha value is -4.45. The number of guanidine groups is 2. The number of hydrogen-bond donors (Lipinski definition) is 7. The fourth-order valence-electron chi connectivity index (χ4n) is 8.53. The van der Waals surface area contributed by atoms with Crippen LogP contribution in [0.2, 0.25) is 0 Å². The van der Waals surface area contributed by atoms with Crippen molar-refractivity contribution in [2.24, 2.45) is 50.5 Å². The minimum Gasteiger partial charge on any atom is -0.376 e. The van der Waals surface area contributed by atoms with Crippen molar-refractivity contribution in [3.63, 3.8) is 0 Å². The van der Waals surface area contributed by atoms with Crippen molar-refractivity contribution < 1.29 is 47.7 Å². The molecule has 65 heavy (non-hydrogen) atoms. The van der Waals surface area contributed by atoms with Crippen LogP contribution in [0.15, 0.2) is 9.98 Å². The molecule has 0 aromatic carbocycles. The first-order valence-corrected chi connectivity index (χ1v) is 23.5. The normalized spacial score (nSPS) is 25.4. The van der Waals surface area contributed by atoms with Crippen LogP contribution in [0.5, 0.6) is 0 Å². The average molecular weight is 939 g/mol. The zero-order chi connectivity index (χ0) is 47.8. The van der Waals surface area contributed by atoms with E-state index in [1.54, 1.807) is 0 Å². The Morgan fingerprint density at radius 3 is 1.37 bits per heavy atom. The van der Waals surface area contributed by atoms with Crippen LogP contribution >= 0.6 is 12.6 Å². The molecule has 0 unspecified atom stereocenters. The summed E-state index contributed by atoms with van der Waals surface area (Å²) in [5.41, 5.74) is 27.8. The molecule has 4 saturated heterocycles. The number of hydrogen-bond acceptors (Lipinski definition) is 13. The van der Waals surface area contributed by atoms with Gasteiger partial charge in [-0.2, -0.15) is 12.6 Å². The maximum Gasteiger partial charge on any atom is 0.246 e. The summed E-state index contributed by atoms with van der Waals surface area (Å²) in [5.74, 6) is -2.17. The van der Waals surface area contributed by atoms with Gasteiger partial charge in [-0.1, -0.05) is 27.7 Å². The van der Waals surface area contributed by atoms with Gasteiger partial charge in [0.1, 0.15) is 24.2 Å². The van der Waals surface area contributed by atoms with Gasteiger partial charge < -0.3 is 72.5 Å². The molecule has 22 nitrogen and oxygen atoms in total. The number of carbonyl (C=O) groups excluding carboxylic acids is 6. The van der Waals surface area contributed by atoms with Gasteiger partial charge in [0.2, 0.25) is 35.4 Å². The number of nitrogens with zero attached hydrogens (tertiary/aromatic N) is 6. The van der Waals surface area contributed by atoms with E-state index in [4.69, 9.17) is 47.6 Å². The van der Waals surface area contributed by atoms with Gasteiger partial charge in [-0.25, -0.2) is 0 Å². The number of carbonyl (C=O) groups is 6. The molecule has 368 valence electrons. The highest BCUT2D eigenvalue weighted by atomic mass is 32.1. The molecule has 0 aliphatic carbocycles. The van der Waals surface area contributed by atoms with Crippen LogP contribution in [0.4, 0.5) is 0 Å². The van der Waals surface area contributed by atoms with Crippen molar-refractivity contribution in [3.8, 4) is 0 Å². The van der Waals surface area contributed by atoms with E-state index in [1.807, 2.05) is 27.7 Å². The van der Waals surface area contributed by atoms with Crippen molar-refractivity contribution in [2.45, 2.75) is 128 Å². The lowest BCUT2D eigenvalue weighted by Gasteiger charge is -2.35. The van der Waals surface area contributed by atoms with Crippen LogP contribution in [0, 0.1) is 11.8 Å². The number of amides is 6. The summed E-state index contributed by atoms with van der Waals surface area (Å²) >= 11 is 4.16. The average Bonchev–Trinajstić information content (AvgIpc) is 4.07. The van der Waals surface area contributed by atoms with Gasteiger partial charge in [-0.15, -0.1) is 0 Å². The van der Waals surface area contributed by atoms with Crippen molar-refractivity contribution in [2.75, 3.05) is 78.0 Å². The van der Waals surface area contributed by atoms with E-state index in [1.165, 1.54) is 19.6 Å². The summed E-state index contributed by atoms with van der Waals surface area (Å²) in [6, 6.07) is -4.16. The molecule has 0 spiro atoms. The molecule has 0 aromatic rings. The van der Waals surface area contributed by atoms with Crippen LogP contribution in [0.25, 0.3) is 0 Å². The highest BCUT2D eigenvalue weighted by molar-refractivity contribution is 7.80. The highest BCUT2D eigenvalue weighted by Gasteiger charge is 2.52. The Balaban J connectivity index is 1.65. The SMILES string of the molecule is CC(C)CO[C@@H]1C[C@@H](C(=O)N2C[C@H](OCCCN=C(N)N)C[C@H]2C(=O)N2C[C@H](OCCCN=C(N)N)C[C@H]2C(=O)N2C[C@H](OCC(C)C)C[C@H]2C(N)=O)N(C(=O)CNC(=O)CCCS)C1. The zero-order valence-corrected chi connectivity index (χ0v) is 39.4. The molecule has 0 radical (unpaired) electrons. The molecular formula is C42H74N12O10S. The van der Waals surface area contributed by atoms with E-state index in [2.05, 4.69) is 27.9 Å². The number of rotatable bonds is 25. The lowest BCUT2D eigenvalue weighted by atomic mass is 10.1. The molecule has 0 aromatic heterocycles. The Kier molecular flexibility index (Phi) is 21.3. The molecule has 4 rings (SSSR count). The fraction of sp³-hybridized carbons (Fsp3) is 0.810. The van der Waals surface area contributed by atoms with Gasteiger partial charge in [0.15, 0.2) is 11.9 Å². The molecule has 6 amide bonds. The minimum atomic E-state index is -1.11. The van der Waals surface area contributed by atoms with Crippen molar-refractivity contribution in [1.82, 2.24) is 24.9 Å². The standard InChI is InChI=1S/C42H74N12O10S/c1-25(2)23-63-29-14-31(37(43)57)52(22-29)39(59)33-15-27(61-11-6-9-48-41(44)45)21-54(33)40(60)34-16-28(62-12-7-10-49-42(46)47)20-53(34)38(58)32-17-30(64-24-26(3)4)19-51(32)36(56)18-50-35(55)8-5-13-65/h25-34,65H,5-24H2,1-4H3,(H2,43,57)(H,50,55)(H4,44,45,48)(H4,46,47,49)/t27-,28-,29-,30-,31+,32+,33+,34+/m1/s1. The number of nitrogens with two attached hydrogens (primary N) is 5. The van der Waals surface area contributed by atoms with E-state index < -0.39 is 78.1 Å². The summed E-state index contributed by atoms with van der Waals surface area (Å²) in [7, 11) is 0. The predicted octanol–water partition coefficient (Wildman–Crippen LogP) is -2.12. The van der Waals surface area contributed by atoms with Gasteiger partial charge >= 0.3 is 0 Å². The summed E-state index contributed by atoms with van der Waals surface area (Å²) < 4.78 is 24.6. The molecule has 11 N–H and O–H groups in total. The number of ether oxygens (including phenoxy) is 4. The molecule has 4 heterocycles. The summed E-state index contributed by atoms with van der Waals surface area (Å²) in [6.45, 7) is 9.77. The molecule has 0 saturated carbocycles. The third-order valence-corrected chi connectivity index (χ3v) is 12.0. The molecule has 4 fully saturated rings.